The number of nitro groups is 1. The fraction of sp³-hybridized carbons (Fsp3) is 0.429. The van der Waals surface area contributed by atoms with Gasteiger partial charge >= 0.3 is 6.09 Å². The van der Waals surface area contributed by atoms with Crippen LogP contribution in [-0.4, -0.2) is 40.4 Å². The van der Waals surface area contributed by atoms with E-state index in [-0.39, 0.29) is 5.69 Å². The lowest BCUT2D eigenvalue weighted by Gasteiger charge is -2.25. The van der Waals surface area contributed by atoms with Gasteiger partial charge in [0.1, 0.15) is 11.4 Å². The van der Waals surface area contributed by atoms with Crippen LogP contribution in [0.2, 0.25) is 0 Å². The van der Waals surface area contributed by atoms with Crippen LogP contribution in [0.3, 0.4) is 0 Å². The Bertz CT molecular complexity index is 604. The summed E-state index contributed by atoms with van der Waals surface area (Å²) in [6.07, 6.45) is -0.495. The van der Waals surface area contributed by atoms with Gasteiger partial charge in [-0.05, 0) is 20.8 Å². The fourth-order valence-corrected chi connectivity index (χ4v) is 1.95. The van der Waals surface area contributed by atoms with E-state index < -0.39 is 16.6 Å². The normalized spacial score (nSPS) is 14.8. The van der Waals surface area contributed by atoms with Crippen molar-refractivity contribution < 1.29 is 14.5 Å². The Morgan fingerprint density at radius 3 is 2.76 bits per heavy atom. The van der Waals surface area contributed by atoms with Crippen molar-refractivity contribution in [2.45, 2.75) is 26.4 Å². The molecule has 0 spiro atoms. The summed E-state index contributed by atoms with van der Waals surface area (Å²) in [7, 11) is 0. The van der Waals surface area contributed by atoms with Crippen molar-refractivity contribution in [1.82, 2.24) is 4.90 Å². The minimum Gasteiger partial charge on any atom is -0.443 e. The average Bonchev–Trinajstić information content (AvgIpc) is 2.86. The van der Waals surface area contributed by atoms with Crippen molar-refractivity contribution in [3.8, 4) is 0 Å². The van der Waals surface area contributed by atoms with Crippen LogP contribution in [0.4, 0.5) is 10.5 Å². The highest BCUT2D eigenvalue weighted by Crippen LogP contribution is 2.19. The molecule has 0 bridgehead atoms. The SMILES string of the molecule is CC(C)(C)OC(=O)N1CCN=C1c1cccc([N+](=O)[O-])c1. The smallest absolute Gasteiger partial charge is 0.416 e. The number of non-ortho nitro benzene ring substituents is 1. The van der Waals surface area contributed by atoms with Crippen molar-refractivity contribution in [3.63, 3.8) is 0 Å². The van der Waals surface area contributed by atoms with Crippen molar-refractivity contribution in [1.29, 1.82) is 0 Å². The Morgan fingerprint density at radius 2 is 2.14 bits per heavy atom. The van der Waals surface area contributed by atoms with Crippen LogP contribution < -0.4 is 0 Å². The lowest BCUT2D eigenvalue weighted by atomic mass is 10.1. The molecule has 2 rings (SSSR count). The second kappa shape index (κ2) is 5.51. The van der Waals surface area contributed by atoms with Crippen molar-refractivity contribution >= 4 is 17.6 Å². The summed E-state index contributed by atoms with van der Waals surface area (Å²) in [6, 6.07) is 6.06. The molecule has 1 aromatic rings. The first kappa shape index (κ1) is 15.0. The van der Waals surface area contributed by atoms with Crippen LogP contribution in [-0.2, 0) is 4.74 Å². The number of rotatable bonds is 2. The van der Waals surface area contributed by atoms with Gasteiger partial charge in [-0.2, -0.15) is 0 Å². The summed E-state index contributed by atoms with van der Waals surface area (Å²) < 4.78 is 5.32. The molecule has 1 aromatic carbocycles. The fourth-order valence-electron chi connectivity index (χ4n) is 1.95. The molecule has 1 aliphatic rings. The minimum absolute atomic E-state index is 0.0359. The number of nitrogens with zero attached hydrogens (tertiary/aromatic N) is 3. The van der Waals surface area contributed by atoms with Crippen LogP contribution >= 0.6 is 0 Å². The van der Waals surface area contributed by atoms with E-state index in [1.54, 1.807) is 32.9 Å². The van der Waals surface area contributed by atoms with Gasteiger partial charge in [-0.1, -0.05) is 12.1 Å². The quantitative estimate of drug-likeness (QED) is 0.619. The highest BCUT2D eigenvalue weighted by molar-refractivity contribution is 6.07. The van der Waals surface area contributed by atoms with Crippen LogP contribution in [0, 0.1) is 10.1 Å². The maximum atomic E-state index is 12.2. The number of amides is 1. The number of benzene rings is 1. The van der Waals surface area contributed by atoms with Gasteiger partial charge in [0.15, 0.2) is 0 Å². The summed E-state index contributed by atoms with van der Waals surface area (Å²) >= 11 is 0. The summed E-state index contributed by atoms with van der Waals surface area (Å²) in [5.74, 6) is 0.410. The van der Waals surface area contributed by atoms with Gasteiger partial charge < -0.3 is 4.74 Å². The van der Waals surface area contributed by atoms with Gasteiger partial charge in [0.25, 0.3) is 5.69 Å². The molecule has 1 aliphatic heterocycles. The second-order valence-electron chi connectivity index (χ2n) is 5.64. The number of aliphatic imine (C=N–C) groups is 1. The zero-order valence-corrected chi connectivity index (χ0v) is 12.2. The third-order valence-electron chi connectivity index (χ3n) is 2.77. The Hall–Kier alpha value is -2.44. The molecule has 0 N–H and O–H groups in total. The van der Waals surface area contributed by atoms with E-state index in [2.05, 4.69) is 4.99 Å². The Morgan fingerprint density at radius 1 is 1.43 bits per heavy atom. The maximum absolute atomic E-state index is 12.2. The number of nitro benzene ring substituents is 1. The topological polar surface area (TPSA) is 85.0 Å². The summed E-state index contributed by atoms with van der Waals surface area (Å²) in [4.78, 5) is 28.2. The highest BCUT2D eigenvalue weighted by atomic mass is 16.6. The van der Waals surface area contributed by atoms with Crippen LogP contribution in [0.25, 0.3) is 0 Å². The molecular weight excluding hydrogens is 274 g/mol. The largest absolute Gasteiger partial charge is 0.443 e. The van der Waals surface area contributed by atoms with E-state index in [0.717, 1.165) is 0 Å². The lowest BCUT2D eigenvalue weighted by molar-refractivity contribution is -0.384. The third kappa shape index (κ3) is 3.56. The molecule has 7 nitrogen and oxygen atoms in total. The molecule has 1 heterocycles. The van der Waals surface area contributed by atoms with E-state index in [9.17, 15) is 14.9 Å². The van der Waals surface area contributed by atoms with E-state index in [1.807, 2.05) is 0 Å². The molecule has 0 aliphatic carbocycles. The van der Waals surface area contributed by atoms with E-state index in [1.165, 1.54) is 17.0 Å². The van der Waals surface area contributed by atoms with Crippen LogP contribution in [0.1, 0.15) is 26.3 Å². The Kier molecular flexibility index (Phi) is 3.93. The molecule has 0 saturated heterocycles. The van der Waals surface area contributed by atoms with Crippen molar-refractivity contribution in [2.24, 2.45) is 4.99 Å². The number of carbonyl (C=O) groups is 1. The molecule has 0 aromatic heterocycles. The zero-order valence-electron chi connectivity index (χ0n) is 12.2. The van der Waals surface area contributed by atoms with Gasteiger partial charge in [-0.25, -0.2) is 4.79 Å². The first-order valence-corrected chi connectivity index (χ1v) is 6.58. The molecule has 0 unspecified atom stereocenters. The third-order valence-corrected chi connectivity index (χ3v) is 2.77. The second-order valence-corrected chi connectivity index (χ2v) is 5.64. The van der Waals surface area contributed by atoms with E-state index in [4.69, 9.17) is 4.74 Å². The minimum atomic E-state index is -0.604. The number of hydrogen-bond donors (Lipinski definition) is 0. The molecular formula is C14H17N3O4. The standard InChI is InChI=1S/C14H17N3O4/c1-14(2,3)21-13(18)16-8-7-15-12(16)10-5-4-6-11(9-10)17(19)20/h4-6,9H,7-8H2,1-3H3. The van der Waals surface area contributed by atoms with Crippen molar-refractivity contribution in [2.75, 3.05) is 13.1 Å². The molecule has 112 valence electrons. The Balaban J connectivity index is 2.25. The molecule has 0 atom stereocenters. The highest BCUT2D eigenvalue weighted by Gasteiger charge is 2.29. The molecule has 0 fully saturated rings. The molecule has 21 heavy (non-hydrogen) atoms. The maximum Gasteiger partial charge on any atom is 0.416 e. The number of hydrogen-bond acceptors (Lipinski definition) is 5. The van der Waals surface area contributed by atoms with Gasteiger partial charge in [0, 0.05) is 17.7 Å². The van der Waals surface area contributed by atoms with Gasteiger partial charge in [-0.3, -0.25) is 20.0 Å². The first-order chi connectivity index (χ1) is 9.78. The summed E-state index contributed by atoms with van der Waals surface area (Å²) in [6.45, 7) is 6.21. The monoisotopic (exact) mass is 291 g/mol. The molecule has 1 amide bonds. The predicted molar refractivity (Wildman–Crippen MR) is 77.4 cm³/mol. The summed E-state index contributed by atoms with van der Waals surface area (Å²) in [5, 5.41) is 10.8. The van der Waals surface area contributed by atoms with Gasteiger partial charge in [0.2, 0.25) is 0 Å². The molecule has 0 radical (unpaired) electrons. The first-order valence-electron chi connectivity index (χ1n) is 6.58. The predicted octanol–water partition coefficient (Wildman–Crippen LogP) is 2.59. The van der Waals surface area contributed by atoms with E-state index in [0.29, 0.717) is 24.5 Å². The average molecular weight is 291 g/mol. The zero-order chi connectivity index (χ0) is 15.6. The molecule has 7 heteroatoms. The van der Waals surface area contributed by atoms with Gasteiger partial charge in [-0.15, -0.1) is 0 Å². The lowest BCUT2D eigenvalue weighted by Crippen LogP contribution is -2.39. The Labute approximate surface area is 122 Å². The number of ether oxygens (including phenoxy) is 1. The number of amidine groups is 1. The van der Waals surface area contributed by atoms with Crippen molar-refractivity contribution in [3.05, 3.63) is 39.9 Å². The number of carbonyl (C=O) groups excluding carboxylic acids is 1. The van der Waals surface area contributed by atoms with Crippen LogP contribution in [0.5, 0.6) is 0 Å². The van der Waals surface area contributed by atoms with Gasteiger partial charge in [0.05, 0.1) is 18.0 Å². The van der Waals surface area contributed by atoms with Crippen LogP contribution in [0.15, 0.2) is 29.3 Å². The van der Waals surface area contributed by atoms with E-state index >= 15 is 0 Å². The summed E-state index contributed by atoms with van der Waals surface area (Å²) in [5.41, 5.74) is -0.105. The molecule has 0 saturated carbocycles.